The molecule has 0 aliphatic heterocycles. The minimum absolute atomic E-state index is 0.0408. The Morgan fingerprint density at radius 1 is 0.739 bits per heavy atom. The summed E-state index contributed by atoms with van der Waals surface area (Å²) in [5.74, 6) is 0. The molecule has 0 spiro atoms. The van der Waals surface area contributed by atoms with Crippen LogP contribution >= 0.6 is 0 Å². The Labute approximate surface area is 151 Å². The van der Waals surface area contributed by atoms with Gasteiger partial charge in [-0.3, -0.25) is 0 Å². The Balaban J connectivity index is 2.52. The number of hydrogen-bond donors (Lipinski definition) is 0. The zero-order valence-corrected chi connectivity index (χ0v) is 13.8. The van der Waals surface area contributed by atoms with Crippen LogP contribution in [0.4, 0.5) is 0 Å². The van der Waals surface area contributed by atoms with E-state index < -0.39 is 23.5 Å². The van der Waals surface area contributed by atoms with Crippen LogP contribution in [0.2, 0.25) is 0 Å². The number of hydrogen-bond acceptors (Lipinski definition) is 0. The maximum Gasteiger partial charge on any atom is 0.0629 e. The van der Waals surface area contributed by atoms with Gasteiger partial charge in [-0.2, -0.15) is 0 Å². The maximum atomic E-state index is 8.51. The van der Waals surface area contributed by atoms with E-state index in [1.54, 1.807) is 31.2 Å². The van der Waals surface area contributed by atoms with Gasteiger partial charge in [0.25, 0.3) is 0 Å². The van der Waals surface area contributed by atoms with Crippen LogP contribution in [0.1, 0.15) is 42.9 Å². The summed E-state index contributed by atoms with van der Waals surface area (Å²) in [5, 5.41) is 0. The Bertz CT molecular complexity index is 1180. The summed E-state index contributed by atoms with van der Waals surface area (Å²) in [6, 6.07) is 4.95. The average Bonchev–Trinajstić information content (AvgIpc) is 2.68. The zero-order chi connectivity index (χ0) is 23.4. The van der Waals surface area contributed by atoms with E-state index in [2.05, 4.69) is 0 Å². The van der Waals surface area contributed by atoms with Crippen molar-refractivity contribution >= 4 is 0 Å². The van der Waals surface area contributed by atoms with Gasteiger partial charge in [-0.1, -0.05) is 98.9 Å². The van der Waals surface area contributed by atoms with Gasteiger partial charge in [0.1, 0.15) is 0 Å². The van der Waals surface area contributed by atoms with Gasteiger partial charge in [0.05, 0.1) is 11.0 Å². The fourth-order valence-corrected chi connectivity index (χ4v) is 2.72. The van der Waals surface area contributed by atoms with Gasteiger partial charge in [-0.15, -0.1) is 0 Å². The summed E-state index contributed by atoms with van der Waals surface area (Å²) < 4.78 is 66.0. The molecule has 0 aromatic heterocycles. The van der Waals surface area contributed by atoms with Crippen molar-refractivity contribution in [3.63, 3.8) is 0 Å². The Morgan fingerprint density at radius 2 is 1.35 bits per heavy atom. The fraction of sp³-hybridized carbons (Fsp3) is 0.217. The van der Waals surface area contributed by atoms with E-state index in [1.807, 2.05) is 20.8 Å². The molecule has 0 saturated carbocycles. The van der Waals surface area contributed by atoms with Crippen LogP contribution in [0, 0.1) is 6.92 Å². The number of benzene rings is 3. The van der Waals surface area contributed by atoms with Crippen molar-refractivity contribution in [2.75, 3.05) is 0 Å². The van der Waals surface area contributed by atoms with E-state index in [0.29, 0.717) is 27.8 Å². The van der Waals surface area contributed by atoms with Gasteiger partial charge in [0, 0.05) is 0 Å². The minimum Gasteiger partial charge on any atom is -0.0622 e. The fourth-order valence-electron chi connectivity index (χ4n) is 2.72. The van der Waals surface area contributed by atoms with Gasteiger partial charge in [-0.05, 0) is 40.2 Å². The second-order valence-electron chi connectivity index (χ2n) is 6.57. The molecule has 0 fully saturated rings. The van der Waals surface area contributed by atoms with Crippen LogP contribution in [0.15, 0.2) is 72.6 Å². The highest BCUT2D eigenvalue weighted by Gasteiger charge is 2.23. The smallest absolute Gasteiger partial charge is 0.0622 e. The van der Waals surface area contributed by atoms with E-state index in [1.165, 1.54) is 0 Å². The first-order valence-corrected chi connectivity index (χ1v) is 7.57. The van der Waals surface area contributed by atoms with E-state index >= 15 is 0 Å². The standard InChI is InChI=1S/C23H24/c1-17-13-15-19(16-14-17)21-12-8-11-20(22(21)23(2,3)4)18-9-6-5-7-10-18/h5-16H,1-4H3/i5D,6D,7D,9D,10D,13D,15D,16D. The lowest BCUT2D eigenvalue weighted by Crippen LogP contribution is -2.14. The first-order valence-electron chi connectivity index (χ1n) is 11.6. The van der Waals surface area contributed by atoms with Gasteiger partial charge >= 0.3 is 0 Å². The second-order valence-corrected chi connectivity index (χ2v) is 6.57. The van der Waals surface area contributed by atoms with Crippen molar-refractivity contribution < 1.29 is 11.0 Å². The molecule has 116 valence electrons. The molecular weight excluding hydrogens is 276 g/mol. The topological polar surface area (TPSA) is 0 Å². The predicted molar refractivity (Wildman–Crippen MR) is 101 cm³/mol. The lowest BCUT2D eigenvalue weighted by Gasteiger charge is -2.27. The average molecular weight is 308 g/mol. The Morgan fingerprint density at radius 3 is 1.96 bits per heavy atom. The van der Waals surface area contributed by atoms with Crippen LogP contribution in [-0.4, -0.2) is 0 Å². The van der Waals surface area contributed by atoms with E-state index in [9.17, 15) is 0 Å². The number of rotatable bonds is 2. The summed E-state index contributed by atoms with van der Waals surface area (Å²) in [5.41, 5.74) is 2.08. The van der Waals surface area contributed by atoms with Crippen molar-refractivity contribution in [1.29, 1.82) is 0 Å². The van der Waals surface area contributed by atoms with E-state index in [4.69, 9.17) is 11.0 Å². The highest BCUT2D eigenvalue weighted by atomic mass is 14.3. The van der Waals surface area contributed by atoms with Crippen molar-refractivity contribution in [2.45, 2.75) is 33.1 Å². The van der Waals surface area contributed by atoms with Crippen LogP contribution in [-0.2, 0) is 5.41 Å². The maximum absolute atomic E-state index is 8.51. The molecule has 0 bridgehead atoms. The molecule has 3 rings (SSSR count). The highest BCUT2D eigenvalue weighted by Crippen LogP contribution is 2.40. The summed E-state index contributed by atoms with van der Waals surface area (Å²) in [6.07, 6.45) is 0. The van der Waals surface area contributed by atoms with Gasteiger partial charge < -0.3 is 0 Å². The zero-order valence-electron chi connectivity index (χ0n) is 21.8. The van der Waals surface area contributed by atoms with E-state index in [-0.39, 0.29) is 35.8 Å². The van der Waals surface area contributed by atoms with E-state index in [0.717, 1.165) is 0 Å². The highest BCUT2D eigenvalue weighted by molar-refractivity contribution is 5.80. The van der Waals surface area contributed by atoms with Crippen LogP contribution in [0.25, 0.3) is 22.3 Å². The molecule has 0 saturated heterocycles. The molecule has 0 atom stereocenters. The second kappa shape index (κ2) is 6.04. The lowest BCUT2D eigenvalue weighted by molar-refractivity contribution is 0.593. The number of aryl methyl sites for hydroxylation is 1. The molecule has 0 heteroatoms. The van der Waals surface area contributed by atoms with Crippen LogP contribution in [0.3, 0.4) is 0 Å². The van der Waals surface area contributed by atoms with Crippen LogP contribution < -0.4 is 0 Å². The third-order valence-corrected chi connectivity index (χ3v) is 3.67. The van der Waals surface area contributed by atoms with Crippen molar-refractivity contribution in [3.8, 4) is 22.3 Å². The molecule has 3 aromatic rings. The summed E-state index contributed by atoms with van der Waals surface area (Å²) >= 11 is 0. The molecule has 0 aliphatic carbocycles. The van der Waals surface area contributed by atoms with Crippen molar-refractivity contribution in [2.24, 2.45) is 0 Å². The molecule has 0 heterocycles. The van der Waals surface area contributed by atoms with Gasteiger partial charge in [0.2, 0.25) is 0 Å². The molecule has 0 nitrogen and oxygen atoms in total. The third kappa shape index (κ3) is 3.22. The minimum atomic E-state index is -0.541. The molecule has 0 N–H and O–H groups in total. The van der Waals surface area contributed by atoms with Gasteiger partial charge in [-0.25, -0.2) is 0 Å². The monoisotopic (exact) mass is 308 g/mol. The van der Waals surface area contributed by atoms with Crippen LogP contribution in [0.5, 0.6) is 0 Å². The summed E-state index contributed by atoms with van der Waals surface area (Å²) in [6.45, 7) is 7.50. The molecule has 0 aliphatic rings. The van der Waals surface area contributed by atoms with Gasteiger partial charge in [0.15, 0.2) is 0 Å². The summed E-state index contributed by atoms with van der Waals surface area (Å²) in [4.78, 5) is 0. The molecule has 0 unspecified atom stereocenters. The van der Waals surface area contributed by atoms with Crippen molar-refractivity contribution in [3.05, 3.63) is 83.7 Å². The Hall–Kier alpha value is -2.34. The molecule has 23 heavy (non-hydrogen) atoms. The molecule has 3 aromatic carbocycles. The normalized spacial score (nSPS) is 16.3. The third-order valence-electron chi connectivity index (χ3n) is 3.67. The quantitative estimate of drug-likeness (QED) is 0.498. The molecule has 0 amide bonds. The summed E-state index contributed by atoms with van der Waals surface area (Å²) in [7, 11) is 0. The Kier molecular flexibility index (Phi) is 2.23. The predicted octanol–water partition coefficient (Wildman–Crippen LogP) is 6.63. The lowest BCUT2D eigenvalue weighted by atomic mass is 9.77. The first-order chi connectivity index (χ1) is 14.3. The first kappa shape index (κ1) is 8.49. The largest absolute Gasteiger partial charge is 0.0629 e. The molecule has 0 radical (unpaired) electrons. The molecular formula is C23H24. The SMILES string of the molecule is [2H]c1cc(C)c([2H])c([2H])c1-c1cccc(-c2c([2H])c([2H])c([2H])c([2H])c2[2H])c1C(C)(C)C. The van der Waals surface area contributed by atoms with Crippen molar-refractivity contribution in [1.82, 2.24) is 0 Å².